The van der Waals surface area contributed by atoms with Gasteiger partial charge in [-0.15, -0.1) is 0 Å². The first-order valence-corrected chi connectivity index (χ1v) is 8.86. The summed E-state index contributed by atoms with van der Waals surface area (Å²) in [5, 5.41) is 7.24. The van der Waals surface area contributed by atoms with Gasteiger partial charge in [0.25, 0.3) is 5.56 Å². The minimum atomic E-state index is -0.306. The molecule has 5 heteroatoms. The molecule has 0 radical (unpaired) electrons. The largest absolute Gasteiger partial charge is 0.324 e. The molecule has 0 bridgehead atoms. The minimum absolute atomic E-state index is 0.134. The lowest BCUT2D eigenvalue weighted by Gasteiger charge is -2.11. The first-order valence-electron chi connectivity index (χ1n) is 8.86. The maximum Gasteiger partial charge on any atom is 0.267 e. The van der Waals surface area contributed by atoms with E-state index in [9.17, 15) is 9.59 Å². The number of carbonyl (C=O) groups excluding carboxylic acids is 1. The average molecular weight is 361 g/mol. The summed E-state index contributed by atoms with van der Waals surface area (Å²) in [6, 6.07) is 15.1. The van der Waals surface area contributed by atoms with E-state index >= 15 is 0 Å². The van der Waals surface area contributed by atoms with E-state index in [4.69, 9.17) is 0 Å². The summed E-state index contributed by atoms with van der Waals surface area (Å²) in [5.41, 5.74) is 6.36. The van der Waals surface area contributed by atoms with E-state index in [0.717, 1.165) is 33.5 Å². The summed E-state index contributed by atoms with van der Waals surface area (Å²) in [6.07, 6.45) is 0. The molecule has 0 fully saturated rings. The summed E-state index contributed by atoms with van der Waals surface area (Å²) in [4.78, 5) is 24.6. The topological polar surface area (TPSA) is 64.0 Å². The fourth-order valence-electron chi connectivity index (χ4n) is 3.10. The second-order valence-corrected chi connectivity index (χ2v) is 6.96. The van der Waals surface area contributed by atoms with Crippen LogP contribution in [0.15, 0.2) is 53.3 Å². The van der Waals surface area contributed by atoms with Gasteiger partial charge in [0.05, 0.1) is 5.69 Å². The number of aryl methyl sites for hydroxylation is 4. The van der Waals surface area contributed by atoms with Crippen LogP contribution in [-0.4, -0.2) is 15.7 Å². The van der Waals surface area contributed by atoms with Crippen molar-refractivity contribution < 1.29 is 4.79 Å². The van der Waals surface area contributed by atoms with Crippen molar-refractivity contribution >= 4 is 11.6 Å². The maximum atomic E-state index is 12.4. The lowest BCUT2D eigenvalue weighted by molar-refractivity contribution is -0.117. The fourth-order valence-corrected chi connectivity index (χ4v) is 3.10. The standard InChI is InChI=1S/C22H23N3O2/c1-14-5-6-17(4)19(12-14)20-7-8-22(27)25(24-20)13-21(26)23-18-10-15(2)9-16(3)11-18/h5-12H,13H2,1-4H3,(H,23,26). The van der Waals surface area contributed by atoms with E-state index in [2.05, 4.69) is 10.4 Å². The molecule has 3 rings (SSSR count). The highest BCUT2D eigenvalue weighted by Crippen LogP contribution is 2.21. The Hall–Kier alpha value is -3.21. The molecule has 0 aliphatic carbocycles. The van der Waals surface area contributed by atoms with Crippen molar-refractivity contribution in [1.82, 2.24) is 9.78 Å². The third kappa shape index (κ3) is 4.50. The Morgan fingerprint density at radius 2 is 1.63 bits per heavy atom. The Bertz CT molecular complexity index is 1050. The van der Waals surface area contributed by atoms with Crippen LogP contribution in [-0.2, 0) is 11.3 Å². The number of benzene rings is 2. The number of hydrogen-bond acceptors (Lipinski definition) is 3. The zero-order valence-electron chi connectivity index (χ0n) is 16.0. The first-order chi connectivity index (χ1) is 12.8. The van der Waals surface area contributed by atoms with Crippen LogP contribution >= 0.6 is 0 Å². The predicted molar refractivity (Wildman–Crippen MR) is 108 cm³/mol. The Morgan fingerprint density at radius 1 is 0.926 bits per heavy atom. The molecule has 0 atom stereocenters. The van der Waals surface area contributed by atoms with Gasteiger partial charge in [-0.05, 0) is 68.7 Å². The van der Waals surface area contributed by atoms with Gasteiger partial charge in [0.2, 0.25) is 5.91 Å². The third-order valence-electron chi connectivity index (χ3n) is 4.33. The Labute approximate surface area is 158 Å². The van der Waals surface area contributed by atoms with Crippen LogP contribution in [0.5, 0.6) is 0 Å². The fraction of sp³-hybridized carbons (Fsp3) is 0.227. The Balaban J connectivity index is 1.85. The first kappa shape index (κ1) is 18.6. The van der Waals surface area contributed by atoms with E-state index in [-0.39, 0.29) is 18.0 Å². The van der Waals surface area contributed by atoms with E-state index in [1.54, 1.807) is 6.07 Å². The minimum Gasteiger partial charge on any atom is -0.324 e. The average Bonchev–Trinajstić information content (AvgIpc) is 2.58. The van der Waals surface area contributed by atoms with Gasteiger partial charge in [0, 0.05) is 17.3 Å². The molecule has 0 aliphatic heterocycles. The van der Waals surface area contributed by atoms with Gasteiger partial charge in [-0.3, -0.25) is 9.59 Å². The molecule has 3 aromatic rings. The van der Waals surface area contributed by atoms with Crippen molar-refractivity contribution in [2.75, 3.05) is 5.32 Å². The summed E-state index contributed by atoms with van der Waals surface area (Å²) in [7, 11) is 0. The quantitative estimate of drug-likeness (QED) is 0.769. The Morgan fingerprint density at radius 3 is 2.33 bits per heavy atom. The van der Waals surface area contributed by atoms with Gasteiger partial charge in [-0.1, -0.05) is 23.8 Å². The van der Waals surface area contributed by atoms with Crippen LogP contribution in [0.3, 0.4) is 0 Å². The smallest absolute Gasteiger partial charge is 0.267 e. The van der Waals surface area contributed by atoms with Crippen LogP contribution < -0.4 is 10.9 Å². The van der Waals surface area contributed by atoms with Crippen LogP contribution in [0.25, 0.3) is 11.3 Å². The zero-order chi connectivity index (χ0) is 19.6. The molecule has 138 valence electrons. The van der Waals surface area contributed by atoms with Crippen LogP contribution in [0.2, 0.25) is 0 Å². The monoisotopic (exact) mass is 361 g/mol. The molecule has 2 aromatic carbocycles. The number of amides is 1. The molecule has 1 aromatic heterocycles. The van der Waals surface area contributed by atoms with Crippen LogP contribution in [0.4, 0.5) is 5.69 Å². The van der Waals surface area contributed by atoms with Crippen LogP contribution in [0, 0.1) is 27.7 Å². The molecule has 27 heavy (non-hydrogen) atoms. The van der Waals surface area contributed by atoms with Gasteiger partial charge in [0.15, 0.2) is 0 Å². The molecule has 1 N–H and O–H groups in total. The lowest BCUT2D eigenvalue weighted by Crippen LogP contribution is -2.29. The van der Waals surface area contributed by atoms with Crippen molar-refractivity contribution in [3.63, 3.8) is 0 Å². The number of anilines is 1. The second-order valence-electron chi connectivity index (χ2n) is 6.96. The molecule has 5 nitrogen and oxygen atoms in total. The van der Waals surface area contributed by atoms with Crippen molar-refractivity contribution in [3.8, 4) is 11.3 Å². The van der Waals surface area contributed by atoms with Gasteiger partial charge < -0.3 is 5.32 Å². The summed E-state index contributed by atoms with van der Waals surface area (Å²) in [6.45, 7) is 7.82. The number of rotatable bonds is 4. The van der Waals surface area contributed by atoms with Crippen molar-refractivity contribution in [2.24, 2.45) is 0 Å². The highest BCUT2D eigenvalue weighted by molar-refractivity contribution is 5.90. The maximum absolute atomic E-state index is 12.4. The second kappa shape index (κ2) is 7.58. The third-order valence-corrected chi connectivity index (χ3v) is 4.33. The molecule has 0 aliphatic rings. The van der Waals surface area contributed by atoms with Gasteiger partial charge in [-0.2, -0.15) is 5.10 Å². The normalized spacial score (nSPS) is 10.7. The Kier molecular flexibility index (Phi) is 5.21. The van der Waals surface area contributed by atoms with Crippen LogP contribution in [0.1, 0.15) is 22.3 Å². The van der Waals surface area contributed by atoms with Crippen molar-refractivity contribution in [1.29, 1.82) is 0 Å². The van der Waals surface area contributed by atoms with E-state index in [0.29, 0.717) is 5.69 Å². The van der Waals surface area contributed by atoms with Crippen molar-refractivity contribution in [3.05, 3.63) is 81.1 Å². The SMILES string of the molecule is Cc1cc(C)cc(NC(=O)Cn2nc(-c3cc(C)ccc3C)ccc2=O)c1. The molecular formula is C22H23N3O2. The number of carbonyl (C=O) groups is 1. The van der Waals surface area contributed by atoms with E-state index < -0.39 is 0 Å². The molecule has 0 spiro atoms. The summed E-state index contributed by atoms with van der Waals surface area (Å²) >= 11 is 0. The zero-order valence-corrected chi connectivity index (χ0v) is 16.0. The molecule has 1 amide bonds. The number of nitrogens with zero attached hydrogens (tertiary/aromatic N) is 2. The highest BCUT2D eigenvalue weighted by Gasteiger charge is 2.10. The van der Waals surface area contributed by atoms with E-state index in [1.807, 2.05) is 64.1 Å². The van der Waals surface area contributed by atoms with Gasteiger partial charge >= 0.3 is 0 Å². The van der Waals surface area contributed by atoms with Gasteiger partial charge in [-0.25, -0.2) is 4.68 Å². The molecule has 1 heterocycles. The highest BCUT2D eigenvalue weighted by atomic mass is 16.2. The van der Waals surface area contributed by atoms with E-state index in [1.165, 1.54) is 10.7 Å². The molecular weight excluding hydrogens is 338 g/mol. The molecule has 0 unspecified atom stereocenters. The number of nitrogens with one attached hydrogen (secondary N) is 1. The predicted octanol–water partition coefficient (Wildman–Crippen LogP) is 3.78. The van der Waals surface area contributed by atoms with Crippen molar-refractivity contribution in [2.45, 2.75) is 34.2 Å². The van der Waals surface area contributed by atoms with Gasteiger partial charge in [0.1, 0.15) is 6.54 Å². The molecule has 0 saturated heterocycles. The lowest BCUT2D eigenvalue weighted by atomic mass is 10.0. The number of aromatic nitrogens is 2. The molecule has 0 saturated carbocycles. The number of hydrogen-bond donors (Lipinski definition) is 1. The summed E-state index contributed by atoms with van der Waals surface area (Å²) < 4.78 is 1.20. The summed E-state index contributed by atoms with van der Waals surface area (Å²) in [5.74, 6) is -0.285.